The average molecular weight is 364 g/mol. The zero-order valence-corrected chi connectivity index (χ0v) is 13.4. The van der Waals surface area contributed by atoms with Crippen LogP contribution in [-0.2, 0) is 12.8 Å². The van der Waals surface area contributed by atoms with Crippen LogP contribution in [0.4, 0.5) is 0 Å². The summed E-state index contributed by atoms with van der Waals surface area (Å²) < 4.78 is 1.14. The highest BCUT2D eigenvalue weighted by Crippen LogP contribution is 2.17. The Kier molecular flexibility index (Phi) is 4.75. The Morgan fingerprint density at radius 1 is 0.895 bits per heavy atom. The van der Waals surface area contributed by atoms with Gasteiger partial charge in [0.2, 0.25) is 0 Å². The average Bonchev–Trinajstić information content (AvgIpc) is 2.46. The summed E-state index contributed by atoms with van der Waals surface area (Å²) in [6, 6.07) is 13.8. The fourth-order valence-corrected chi connectivity index (χ4v) is 2.57. The summed E-state index contributed by atoms with van der Waals surface area (Å²) in [6.45, 7) is 4.28. The van der Waals surface area contributed by atoms with Crippen molar-refractivity contribution in [1.82, 2.24) is 0 Å². The van der Waals surface area contributed by atoms with Crippen molar-refractivity contribution in [2.24, 2.45) is 0 Å². The molecule has 0 spiro atoms. The maximum Gasteiger partial charge on any atom is 0.193 e. The second-order valence-electron chi connectivity index (χ2n) is 4.53. The van der Waals surface area contributed by atoms with Gasteiger partial charge in [0.15, 0.2) is 5.78 Å². The molecule has 0 fully saturated rings. The second kappa shape index (κ2) is 6.33. The number of ketones is 1. The summed E-state index contributed by atoms with van der Waals surface area (Å²) in [5, 5.41) is 0. The topological polar surface area (TPSA) is 17.1 Å². The second-order valence-corrected chi connectivity index (χ2v) is 5.77. The van der Waals surface area contributed by atoms with Gasteiger partial charge in [-0.15, -0.1) is 0 Å². The van der Waals surface area contributed by atoms with Crippen molar-refractivity contribution in [3.05, 3.63) is 68.3 Å². The van der Waals surface area contributed by atoms with Gasteiger partial charge in [0.25, 0.3) is 0 Å². The van der Waals surface area contributed by atoms with Crippen LogP contribution in [-0.4, -0.2) is 5.78 Å². The summed E-state index contributed by atoms with van der Waals surface area (Å²) >= 11 is 2.24. The quantitative estimate of drug-likeness (QED) is 0.570. The van der Waals surface area contributed by atoms with Crippen molar-refractivity contribution in [3.8, 4) is 0 Å². The summed E-state index contributed by atoms with van der Waals surface area (Å²) in [5.74, 6) is 0.105. The van der Waals surface area contributed by atoms with Crippen molar-refractivity contribution in [2.75, 3.05) is 0 Å². The highest BCUT2D eigenvalue weighted by molar-refractivity contribution is 14.1. The van der Waals surface area contributed by atoms with E-state index in [-0.39, 0.29) is 5.78 Å². The molecule has 2 heteroatoms. The van der Waals surface area contributed by atoms with Gasteiger partial charge in [-0.05, 0) is 76.9 Å². The van der Waals surface area contributed by atoms with E-state index < -0.39 is 0 Å². The van der Waals surface area contributed by atoms with Gasteiger partial charge in [-0.25, -0.2) is 0 Å². The molecule has 0 saturated carbocycles. The molecule has 0 N–H and O–H groups in total. The van der Waals surface area contributed by atoms with Crippen LogP contribution < -0.4 is 0 Å². The molecule has 0 aliphatic rings. The van der Waals surface area contributed by atoms with Crippen LogP contribution in [0.3, 0.4) is 0 Å². The largest absolute Gasteiger partial charge is 0.289 e. The highest BCUT2D eigenvalue weighted by atomic mass is 127. The van der Waals surface area contributed by atoms with E-state index in [1.54, 1.807) is 0 Å². The van der Waals surface area contributed by atoms with Crippen molar-refractivity contribution in [1.29, 1.82) is 0 Å². The molecule has 19 heavy (non-hydrogen) atoms. The highest BCUT2D eigenvalue weighted by Gasteiger charge is 2.10. The van der Waals surface area contributed by atoms with E-state index in [1.165, 1.54) is 11.1 Å². The normalized spacial score (nSPS) is 10.5. The van der Waals surface area contributed by atoms with Crippen molar-refractivity contribution in [3.63, 3.8) is 0 Å². The minimum atomic E-state index is 0.105. The molecule has 2 rings (SSSR count). The maximum atomic E-state index is 12.4. The van der Waals surface area contributed by atoms with Crippen LogP contribution in [0, 0.1) is 3.57 Å². The van der Waals surface area contributed by atoms with Gasteiger partial charge in [-0.3, -0.25) is 4.79 Å². The predicted octanol–water partition coefficient (Wildman–Crippen LogP) is 4.65. The number of halogens is 1. The zero-order valence-electron chi connectivity index (χ0n) is 11.2. The molecule has 98 valence electrons. The molecular weight excluding hydrogens is 347 g/mol. The zero-order chi connectivity index (χ0) is 13.8. The third-order valence-electron chi connectivity index (χ3n) is 3.34. The molecule has 0 heterocycles. The lowest BCUT2D eigenvalue weighted by atomic mass is 9.96. The summed E-state index contributed by atoms with van der Waals surface area (Å²) in [5.41, 5.74) is 4.16. The van der Waals surface area contributed by atoms with Crippen LogP contribution in [0.5, 0.6) is 0 Å². The Labute approximate surface area is 128 Å². The van der Waals surface area contributed by atoms with Gasteiger partial charge in [0, 0.05) is 14.7 Å². The van der Waals surface area contributed by atoms with Crippen LogP contribution in [0.15, 0.2) is 42.5 Å². The lowest BCUT2D eigenvalue weighted by molar-refractivity contribution is 0.103. The van der Waals surface area contributed by atoms with E-state index in [9.17, 15) is 4.79 Å². The van der Waals surface area contributed by atoms with Crippen molar-refractivity contribution < 1.29 is 4.79 Å². The molecule has 0 bridgehead atoms. The van der Waals surface area contributed by atoms with Gasteiger partial charge in [-0.1, -0.05) is 26.0 Å². The molecule has 1 nitrogen and oxygen atoms in total. The number of rotatable bonds is 4. The third-order valence-corrected chi connectivity index (χ3v) is 4.06. The number of carbonyl (C=O) groups is 1. The van der Waals surface area contributed by atoms with E-state index in [0.29, 0.717) is 0 Å². The van der Waals surface area contributed by atoms with Crippen LogP contribution >= 0.6 is 22.6 Å². The molecule has 0 radical (unpaired) electrons. The van der Waals surface area contributed by atoms with Crippen LogP contribution in [0.25, 0.3) is 0 Å². The first kappa shape index (κ1) is 14.3. The molecule has 0 saturated heterocycles. The lowest BCUT2D eigenvalue weighted by Crippen LogP contribution is -2.03. The number of carbonyl (C=O) groups excluding carboxylic acids is 1. The fraction of sp³-hybridized carbons (Fsp3) is 0.235. The summed E-state index contributed by atoms with van der Waals surface area (Å²) in [4.78, 5) is 12.4. The fourth-order valence-electron chi connectivity index (χ4n) is 2.21. The SMILES string of the molecule is CCc1ccc(C(=O)c2ccc(I)cc2)cc1CC. The van der Waals surface area contributed by atoms with Gasteiger partial charge in [0.05, 0.1) is 0 Å². The molecule has 0 unspecified atom stereocenters. The minimum Gasteiger partial charge on any atom is -0.289 e. The number of hydrogen-bond donors (Lipinski definition) is 0. The number of benzene rings is 2. The Bertz CT molecular complexity index is 585. The molecule has 2 aromatic rings. The molecule has 2 aromatic carbocycles. The molecule has 0 atom stereocenters. The van der Waals surface area contributed by atoms with E-state index in [0.717, 1.165) is 27.5 Å². The third kappa shape index (κ3) is 3.24. The Balaban J connectivity index is 2.36. The van der Waals surface area contributed by atoms with Crippen LogP contribution in [0.2, 0.25) is 0 Å². The maximum absolute atomic E-state index is 12.4. The first-order valence-electron chi connectivity index (χ1n) is 6.57. The molecule has 0 aromatic heterocycles. The predicted molar refractivity (Wildman–Crippen MR) is 87.8 cm³/mol. The van der Waals surface area contributed by atoms with E-state index in [1.807, 2.05) is 36.4 Å². The van der Waals surface area contributed by atoms with Gasteiger partial charge in [0.1, 0.15) is 0 Å². The Morgan fingerprint density at radius 3 is 2.05 bits per heavy atom. The lowest BCUT2D eigenvalue weighted by Gasteiger charge is -2.08. The van der Waals surface area contributed by atoms with Gasteiger partial charge in [-0.2, -0.15) is 0 Å². The van der Waals surface area contributed by atoms with E-state index in [2.05, 4.69) is 42.5 Å². The first-order valence-corrected chi connectivity index (χ1v) is 7.65. The van der Waals surface area contributed by atoms with Crippen LogP contribution in [0.1, 0.15) is 40.9 Å². The Morgan fingerprint density at radius 2 is 1.47 bits per heavy atom. The molecule has 0 amide bonds. The molecule has 0 aliphatic carbocycles. The van der Waals surface area contributed by atoms with E-state index in [4.69, 9.17) is 0 Å². The Hall–Kier alpha value is -1.16. The first-order chi connectivity index (χ1) is 9.15. The molecular formula is C17H17IO. The number of hydrogen-bond acceptors (Lipinski definition) is 1. The monoisotopic (exact) mass is 364 g/mol. The molecule has 0 aliphatic heterocycles. The minimum absolute atomic E-state index is 0.105. The van der Waals surface area contributed by atoms with Gasteiger partial charge < -0.3 is 0 Å². The summed E-state index contributed by atoms with van der Waals surface area (Å²) in [6.07, 6.45) is 1.98. The number of aryl methyl sites for hydroxylation is 2. The summed E-state index contributed by atoms with van der Waals surface area (Å²) in [7, 11) is 0. The van der Waals surface area contributed by atoms with Crippen molar-refractivity contribution >= 4 is 28.4 Å². The van der Waals surface area contributed by atoms with E-state index >= 15 is 0 Å². The van der Waals surface area contributed by atoms with Crippen molar-refractivity contribution in [2.45, 2.75) is 26.7 Å². The smallest absolute Gasteiger partial charge is 0.193 e. The standard InChI is InChI=1S/C17H17IO/c1-3-12-5-6-15(11-13(12)4-2)17(19)14-7-9-16(18)10-8-14/h5-11H,3-4H2,1-2H3. The van der Waals surface area contributed by atoms with Gasteiger partial charge >= 0.3 is 0 Å².